The molecular formula is C4H9O3S. The van der Waals surface area contributed by atoms with Crippen LogP contribution in [0.1, 0.15) is 0 Å². The number of aliphatic hydroxyl groups excluding tert-OH is 3. The Kier molecular flexibility index (Phi) is 3.39. The minimum atomic E-state index is -1.12. The van der Waals surface area contributed by atoms with Gasteiger partial charge in [0, 0.05) is 0 Å². The first-order valence-corrected chi connectivity index (χ1v) is 2.62. The summed E-state index contributed by atoms with van der Waals surface area (Å²) in [7, 11) is 0. The molecule has 3 N–H and O–H groups in total. The van der Waals surface area contributed by atoms with Gasteiger partial charge in [0.1, 0.15) is 0 Å². The zero-order valence-corrected chi connectivity index (χ0v) is 5.19. The van der Waals surface area contributed by atoms with E-state index >= 15 is 0 Å². The molecule has 0 rings (SSSR count). The molecular weight excluding hydrogens is 128 g/mol. The zero-order valence-electron chi connectivity index (χ0n) is 4.37. The predicted octanol–water partition coefficient (Wildman–Crippen LogP) is -1.10. The fourth-order valence-electron chi connectivity index (χ4n) is 0.150. The molecule has 1 radical (unpaired) electrons. The Morgan fingerprint density at radius 1 is 1.00 bits per heavy atom. The third-order valence-corrected chi connectivity index (χ3v) is 1.25. The van der Waals surface area contributed by atoms with Gasteiger partial charge in [0.2, 0.25) is 0 Å². The van der Waals surface area contributed by atoms with Crippen LogP contribution < -0.4 is 0 Å². The maximum atomic E-state index is 8.36. The Morgan fingerprint density at radius 3 is 1.25 bits per heavy atom. The maximum absolute atomic E-state index is 8.36. The Balaban J connectivity index is 3.58. The smallest absolute Gasteiger partial charge is 0.0953 e. The van der Waals surface area contributed by atoms with Crippen LogP contribution in [0.4, 0.5) is 0 Å². The van der Waals surface area contributed by atoms with Gasteiger partial charge in [-0.2, -0.15) is 0 Å². The third-order valence-electron chi connectivity index (χ3n) is 0.864. The van der Waals surface area contributed by atoms with Gasteiger partial charge in [0.15, 0.2) is 0 Å². The van der Waals surface area contributed by atoms with E-state index in [0.29, 0.717) is 0 Å². The summed E-state index contributed by atoms with van der Waals surface area (Å²) < 4.78 is -1.12. The average molecular weight is 137 g/mol. The summed E-state index contributed by atoms with van der Waals surface area (Å²) >= 11 is 4.56. The SMILES string of the molecule is OCC([S])(CO)CO. The predicted molar refractivity (Wildman–Crippen MR) is 31.6 cm³/mol. The highest BCUT2D eigenvalue weighted by Gasteiger charge is 2.22. The standard InChI is InChI=1S/C4H9O3S/c5-1-4(8,2-6)3-7/h5-7H,1-3H2. The monoisotopic (exact) mass is 137 g/mol. The molecule has 8 heavy (non-hydrogen) atoms. The summed E-state index contributed by atoms with van der Waals surface area (Å²) in [5, 5.41) is 25.1. The van der Waals surface area contributed by atoms with E-state index in [1.165, 1.54) is 0 Å². The lowest BCUT2D eigenvalue weighted by molar-refractivity contribution is 0.121. The molecule has 0 aromatic heterocycles. The van der Waals surface area contributed by atoms with Crippen LogP contribution in [0.2, 0.25) is 0 Å². The summed E-state index contributed by atoms with van der Waals surface area (Å²) in [5.41, 5.74) is 0. The van der Waals surface area contributed by atoms with Gasteiger partial charge in [0.25, 0.3) is 0 Å². The molecule has 49 valence electrons. The van der Waals surface area contributed by atoms with Crippen LogP contribution in [0.3, 0.4) is 0 Å². The van der Waals surface area contributed by atoms with E-state index in [1.54, 1.807) is 0 Å². The number of hydrogen-bond acceptors (Lipinski definition) is 3. The summed E-state index contributed by atoms with van der Waals surface area (Å²) in [6, 6.07) is 0. The molecule has 0 saturated carbocycles. The van der Waals surface area contributed by atoms with Crippen LogP contribution in [0.25, 0.3) is 0 Å². The highest BCUT2D eigenvalue weighted by Crippen LogP contribution is 2.09. The van der Waals surface area contributed by atoms with Crippen LogP contribution >= 0.6 is 12.6 Å². The van der Waals surface area contributed by atoms with Crippen LogP contribution in [0.15, 0.2) is 0 Å². The molecule has 0 aliphatic carbocycles. The molecule has 0 amide bonds. The quantitative estimate of drug-likeness (QED) is 0.462. The lowest BCUT2D eigenvalue weighted by Crippen LogP contribution is -2.35. The maximum Gasteiger partial charge on any atom is 0.0953 e. The van der Waals surface area contributed by atoms with E-state index in [2.05, 4.69) is 12.6 Å². The highest BCUT2D eigenvalue weighted by atomic mass is 32.1. The van der Waals surface area contributed by atoms with Crippen LogP contribution in [-0.2, 0) is 0 Å². The summed E-state index contributed by atoms with van der Waals surface area (Å²) in [4.78, 5) is 0. The summed E-state index contributed by atoms with van der Waals surface area (Å²) in [6.45, 7) is -1.10. The largest absolute Gasteiger partial charge is 0.395 e. The molecule has 0 aromatic rings. The molecule has 0 unspecified atom stereocenters. The lowest BCUT2D eigenvalue weighted by atomic mass is 10.2. The van der Waals surface area contributed by atoms with E-state index in [4.69, 9.17) is 15.3 Å². The van der Waals surface area contributed by atoms with Gasteiger partial charge in [-0.05, 0) is 0 Å². The van der Waals surface area contributed by atoms with Crippen LogP contribution in [0, 0.1) is 0 Å². The molecule has 4 heteroatoms. The van der Waals surface area contributed by atoms with Crippen molar-refractivity contribution in [3.63, 3.8) is 0 Å². The van der Waals surface area contributed by atoms with Crippen molar-refractivity contribution in [1.29, 1.82) is 0 Å². The zero-order chi connectivity index (χ0) is 6.62. The highest BCUT2D eigenvalue weighted by molar-refractivity contribution is 7.81. The van der Waals surface area contributed by atoms with Gasteiger partial charge < -0.3 is 15.3 Å². The van der Waals surface area contributed by atoms with Crippen molar-refractivity contribution in [2.24, 2.45) is 0 Å². The van der Waals surface area contributed by atoms with Gasteiger partial charge in [-0.1, -0.05) is 12.6 Å². The molecule has 0 aliphatic rings. The van der Waals surface area contributed by atoms with E-state index in [0.717, 1.165) is 0 Å². The van der Waals surface area contributed by atoms with Crippen LogP contribution in [0.5, 0.6) is 0 Å². The van der Waals surface area contributed by atoms with Gasteiger partial charge in [0.05, 0.1) is 24.6 Å². The molecule has 3 nitrogen and oxygen atoms in total. The molecule has 0 saturated heterocycles. The molecule has 0 spiro atoms. The fourth-order valence-corrected chi connectivity index (χ4v) is 0.150. The Labute approximate surface area is 53.4 Å². The molecule has 0 bridgehead atoms. The summed E-state index contributed by atoms with van der Waals surface area (Å²) in [5.74, 6) is 0. The normalized spacial score (nSPS) is 12.0. The van der Waals surface area contributed by atoms with Crippen molar-refractivity contribution in [1.82, 2.24) is 0 Å². The van der Waals surface area contributed by atoms with E-state index in [-0.39, 0.29) is 19.8 Å². The van der Waals surface area contributed by atoms with Gasteiger partial charge in [-0.3, -0.25) is 0 Å². The Morgan fingerprint density at radius 2 is 1.25 bits per heavy atom. The summed E-state index contributed by atoms with van der Waals surface area (Å²) in [6.07, 6.45) is 0. The topological polar surface area (TPSA) is 60.7 Å². The number of hydrogen-bond donors (Lipinski definition) is 3. The Bertz CT molecular complexity index is 54.0. The molecule has 0 heterocycles. The van der Waals surface area contributed by atoms with Gasteiger partial charge in [-0.25, -0.2) is 0 Å². The number of rotatable bonds is 3. The second kappa shape index (κ2) is 3.29. The van der Waals surface area contributed by atoms with Crippen LogP contribution in [-0.4, -0.2) is 39.9 Å². The molecule has 0 fully saturated rings. The van der Waals surface area contributed by atoms with Crippen molar-refractivity contribution in [3.05, 3.63) is 0 Å². The molecule has 0 aromatic carbocycles. The van der Waals surface area contributed by atoms with Gasteiger partial charge >= 0.3 is 0 Å². The first kappa shape index (κ1) is 8.23. The van der Waals surface area contributed by atoms with E-state index in [9.17, 15) is 0 Å². The first-order valence-electron chi connectivity index (χ1n) is 2.21. The van der Waals surface area contributed by atoms with Crippen molar-refractivity contribution in [2.45, 2.75) is 4.75 Å². The van der Waals surface area contributed by atoms with Gasteiger partial charge in [-0.15, -0.1) is 0 Å². The number of aliphatic hydroxyl groups is 3. The average Bonchev–Trinajstić information content (AvgIpc) is 1.87. The third kappa shape index (κ3) is 2.00. The van der Waals surface area contributed by atoms with Crippen molar-refractivity contribution in [2.75, 3.05) is 19.8 Å². The minimum absolute atomic E-state index is 0.366. The van der Waals surface area contributed by atoms with E-state index in [1.807, 2.05) is 0 Å². The fraction of sp³-hybridized carbons (Fsp3) is 1.00. The lowest BCUT2D eigenvalue weighted by Gasteiger charge is -2.17. The Hall–Kier alpha value is 0.230. The van der Waals surface area contributed by atoms with Crippen molar-refractivity contribution in [3.8, 4) is 0 Å². The van der Waals surface area contributed by atoms with Crippen molar-refractivity contribution >= 4 is 12.6 Å². The second-order valence-electron chi connectivity index (χ2n) is 1.66. The minimum Gasteiger partial charge on any atom is -0.395 e. The first-order chi connectivity index (χ1) is 3.68. The van der Waals surface area contributed by atoms with E-state index < -0.39 is 4.75 Å². The van der Waals surface area contributed by atoms with Crippen molar-refractivity contribution < 1.29 is 15.3 Å². The molecule has 0 aliphatic heterocycles. The second-order valence-corrected chi connectivity index (χ2v) is 2.52. The molecule has 0 atom stereocenters.